The van der Waals surface area contributed by atoms with Crippen LogP contribution in [0.4, 0.5) is 19.0 Å². The second-order valence-electron chi connectivity index (χ2n) is 4.54. The van der Waals surface area contributed by atoms with Crippen LogP contribution in [0.1, 0.15) is 24.6 Å². The van der Waals surface area contributed by atoms with Crippen molar-refractivity contribution in [2.24, 2.45) is 0 Å². The molecule has 0 fully saturated rings. The van der Waals surface area contributed by atoms with Crippen molar-refractivity contribution in [2.45, 2.75) is 33.0 Å². The van der Waals surface area contributed by atoms with Gasteiger partial charge in [0.05, 0.1) is 0 Å². The minimum absolute atomic E-state index is 0.342. The van der Waals surface area contributed by atoms with Crippen molar-refractivity contribution in [3.05, 3.63) is 23.4 Å². The zero-order valence-electron chi connectivity index (χ0n) is 11.5. The lowest BCUT2D eigenvalue weighted by Gasteiger charge is -2.25. The highest BCUT2D eigenvalue weighted by molar-refractivity contribution is 5.43. The van der Waals surface area contributed by atoms with Crippen molar-refractivity contribution < 1.29 is 13.2 Å². The van der Waals surface area contributed by atoms with Crippen molar-refractivity contribution in [3.8, 4) is 0 Å². The minimum Gasteiger partial charge on any atom is -0.348 e. The molecule has 0 atom stereocenters. The number of anilines is 1. The Morgan fingerprint density at radius 2 is 2.00 bits per heavy atom. The third kappa shape index (κ3) is 5.46. The summed E-state index contributed by atoms with van der Waals surface area (Å²) in [6.07, 6.45) is -3.57. The van der Waals surface area contributed by atoms with Crippen LogP contribution in [-0.4, -0.2) is 31.3 Å². The largest absolute Gasteiger partial charge is 0.405 e. The number of nitrogens with one attached hydrogen (secondary N) is 1. The van der Waals surface area contributed by atoms with Gasteiger partial charge in [0, 0.05) is 18.8 Å². The monoisotopic (exact) mass is 275 g/mol. The van der Waals surface area contributed by atoms with Gasteiger partial charge in [0.15, 0.2) is 0 Å². The second kappa shape index (κ2) is 6.75. The molecule has 0 saturated carbocycles. The number of hydrogen-bond donors (Lipinski definition) is 1. The zero-order valence-corrected chi connectivity index (χ0v) is 11.5. The van der Waals surface area contributed by atoms with Gasteiger partial charge < -0.3 is 10.2 Å². The van der Waals surface area contributed by atoms with Gasteiger partial charge in [-0.25, -0.2) is 4.98 Å². The van der Waals surface area contributed by atoms with Crippen molar-refractivity contribution in [3.63, 3.8) is 0 Å². The molecule has 1 aromatic rings. The molecule has 108 valence electrons. The summed E-state index contributed by atoms with van der Waals surface area (Å²) in [5, 5.41) is 2.99. The molecule has 0 unspecified atom stereocenters. The molecular weight excluding hydrogens is 255 g/mol. The summed E-state index contributed by atoms with van der Waals surface area (Å²) in [4.78, 5) is 5.50. The fraction of sp³-hybridized carbons (Fsp3) is 0.615. The van der Waals surface area contributed by atoms with Crippen LogP contribution in [0.5, 0.6) is 0 Å². The molecule has 0 aliphatic carbocycles. The molecule has 3 nitrogen and oxygen atoms in total. The minimum atomic E-state index is -4.22. The number of rotatable bonds is 6. The maximum Gasteiger partial charge on any atom is 0.405 e. The van der Waals surface area contributed by atoms with E-state index >= 15 is 0 Å². The highest BCUT2D eigenvalue weighted by atomic mass is 19.4. The predicted octanol–water partition coefficient (Wildman–Crippen LogP) is 2.89. The Balaban J connectivity index is 3.00. The van der Waals surface area contributed by atoms with Crippen LogP contribution in [0.15, 0.2) is 12.1 Å². The van der Waals surface area contributed by atoms with Gasteiger partial charge in [-0.2, -0.15) is 13.2 Å². The number of halogens is 3. The number of alkyl halides is 3. The average Bonchev–Trinajstić information content (AvgIpc) is 2.26. The number of hydrogen-bond acceptors (Lipinski definition) is 3. The lowest BCUT2D eigenvalue weighted by Crippen LogP contribution is -2.35. The molecule has 1 aromatic heterocycles. The van der Waals surface area contributed by atoms with E-state index < -0.39 is 12.7 Å². The number of nitrogens with zero attached hydrogens (tertiary/aromatic N) is 2. The molecule has 0 aromatic carbocycles. The fourth-order valence-corrected chi connectivity index (χ4v) is 1.95. The average molecular weight is 275 g/mol. The maximum atomic E-state index is 12.6. The van der Waals surface area contributed by atoms with E-state index in [1.807, 2.05) is 13.0 Å². The van der Waals surface area contributed by atoms with Crippen LogP contribution in [-0.2, 0) is 6.54 Å². The Labute approximate surface area is 111 Å². The molecule has 19 heavy (non-hydrogen) atoms. The Morgan fingerprint density at radius 3 is 2.53 bits per heavy atom. The van der Waals surface area contributed by atoms with Gasteiger partial charge in [-0.1, -0.05) is 6.92 Å². The van der Waals surface area contributed by atoms with E-state index in [1.165, 1.54) is 4.90 Å². The molecule has 0 spiro atoms. The van der Waals surface area contributed by atoms with Crippen molar-refractivity contribution in [2.75, 3.05) is 25.0 Å². The molecule has 0 amide bonds. The van der Waals surface area contributed by atoms with Gasteiger partial charge in [-0.05, 0) is 38.1 Å². The summed E-state index contributed by atoms with van der Waals surface area (Å²) in [5.74, 6) is 0.393. The molecule has 0 radical (unpaired) electrons. The van der Waals surface area contributed by atoms with Crippen LogP contribution >= 0.6 is 0 Å². The molecule has 1 N–H and O–H groups in total. The van der Waals surface area contributed by atoms with Crippen LogP contribution in [0.25, 0.3) is 0 Å². The van der Waals surface area contributed by atoms with Crippen LogP contribution in [0, 0.1) is 6.92 Å². The predicted molar refractivity (Wildman–Crippen MR) is 70.3 cm³/mol. The summed E-state index contributed by atoms with van der Waals surface area (Å²) in [6, 6.07) is 3.59. The first-order valence-electron chi connectivity index (χ1n) is 6.29. The van der Waals surface area contributed by atoms with Gasteiger partial charge in [-0.15, -0.1) is 0 Å². The van der Waals surface area contributed by atoms with Gasteiger partial charge in [0.2, 0.25) is 0 Å². The first kappa shape index (κ1) is 15.8. The van der Waals surface area contributed by atoms with Crippen molar-refractivity contribution >= 4 is 5.82 Å². The Bertz CT molecular complexity index is 405. The SMILES string of the molecule is CCCN(CC(F)(F)F)c1cc(CNC)cc(C)n1. The third-order valence-electron chi connectivity index (χ3n) is 2.57. The van der Waals surface area contributed by atoms with E-state index in [0.717, 1.165) is 11.3 Å². The Hall–Kier alpha value is -1.30. The molecule has 0 bridgehead atoms. The van der Waals surface area contributed by atoms with E-state index in [4.69, 9.17) is 0 Å². The number of aromatic nitrogens is 1. The molecule has 1 rings (SSSR count). The van der Waals surface area contributed by atoms with E-state index in [-0.39, 0.29) is 0 Å². The first-order chi connectivity index (χ1) is 8.85. The van der Waals surface area contributed by atoms with E-state index in [2.05, 4.69) is 10.3 Å². The summed E-state index contributed by atoms with van der Waals surface area (Å²) in [6.45, 7) is 3.64. The van der Waals surface area contributed by atoms with Crippen LogP contribution in [0.2, 0.25) is 0 Å². The second-order valence-corrected chi connectivity index (χ2v) is 4.54. The zero-order chi connectivity index (χ0) is 14.5. The summed E-state index contributed by atoms with van der Waals surface area (Å²) in [5.41, 5.74) is 1.67. The lowest BCUT2D eigenvalue weighted by atomic mass is 10.2. The van der Waals surface area contributed by atoms with Gasteiger partial charge in [0.25, 0.3) is 0 Å². The Morgan fingerprint density at radius 1 is 1.32 bits per heavy atom. The molecule has 0 aliphatic heterocycles. The summed E-state index contributed by atoms with van der Waals surface area (Å²) < 4.78 is 37.7. The lowest BCUT2D eigenvalue weighted by molar-refractivity contribution is -0.119. The van der Waals surface area contributed by atoms with Crippen molar-refractivity contribution in [1.82, 2.24) is 10.3 Å². The topological polar surface area (TPSA) is 28.2 Å². The van der Waals surface area contributed by atoms with E-state index in [0.29, 0.717) is 25.3 Å². The summed E-state index contributed by atoms with van der Waals surface area (Å²) >= 11 is 0. The molecule has 0 saturated heterocycles. The van der Waals surface area contributed by atoms with E-state index in [9.17, 15) is 13.2 Å². The highest BCUT2D eigenvalue weighted by Gasteiger charge is 2.31. The van der Waals surface area contributed by atoms with Crippen LogP contribution < -0.4 is 10.2 Å². The maximum absolute atomic E-state index is 12.6. The quantitative estimate of drug-likeness (QED) is 0.865. The standard InChI is InChI=1S/C13H20F3N3/c1-4-5-19(9-13(14,15)16)12-7-11(8-17-3)6-10(2)18-12/h6-7,17H,4-5,8-9H2,1-3H3. The smallest absolute Gasteiger partial charge is 0.348 e. The molecule has 0 aliphatic rings. The van der Waals surface area contributed by atoms with Gasteiger partial charge in [-0.3, -0.25) is 0 Å². The third-order valence-corrected chi connectivity index (χ3v) is 2.57. The number of aryl methyl sites for hydroxylation is 1. The van der Waals surface area contributed by atoms with Gasteiger partial charge >= 0.3 is 6.18 Å². The van der Waals surface area contributed by atoms with Crippen molar-refractivity contribution in [1.29, 1.82) is 0 Å². The molecule has 1 heterocycles. The first-order valence-corrected chi connectivity index (χ1v) is 6.29. The number of pyridine rings is 1. The van der Waals surface area contributed by atoms with Gasteiger partial charge in [0.1, 0.15) is 12.4 Å². The summed E-state index contributed by atoms with van der Waals surface area (Å²) in [7, 11) is 1.80. The van der Waals surface area contributed by atoms with E-state index in [1.54, 1.807) is 20.0 Å². The fourth-order valence-electron chi connectivity index (χ4n) is 1.95. The van der Waals surface area contributed by atoms with Crippen LogP contribution in [0.3, 0.4) is 0 Å². The molecular formula is C13H20F3N3. The Kier molecular flexibility index (Phi) is 5.60. The molecule has 6 heteroatoms. The normalized spacial score (nSPS) is 11.7. The highest BCUT2D eigenvalue weighted by Crippen LogP contribution is 2.22.